The standard InChI is InChI=1S/C23H22N4O3S/c1-28-15-7-6-8-17(13-15)31-27-23-22(24-18-9-4-5-10-19(18)25-23)26-20-14-16(29-2)11-12-21(20)30-3/h4-14H,1-3H3,(H,24,26)(H,25,27). The number of ether oxygens (including phenoxy) is 3. The zero-order valence-corrected chi connectivity index (χ0v) is 18.2. The smallest absolute Gasteiger partial charge is 0.180 e. The molecule has 0 aliphatic rings. The fourth-order valence-corrected chi connectivity index (χ4v) is 3.65. The van der Waals surface area contributed by atoms with Crippen molar-refractivity contribution in [1.29, 1.82) is 0 Å². The second kappa shape index (κ2) is 9.44. The molecule has 0 aliphatic carbocycles. The molecule has 0 amide bonds. The van der Waals surface area contributed by atoms with Gasteiger partial charge in [0, 0.05) is 11.0 Å². The third kappa shape index (κ3) is 4.75. The van der Waals surface area contributed by atoms with Gasteiger partial charge in [0.2, 0.25) is 0 Å². The zero-order valence-electron chi connectivity index (χ0n) is 17.4. The van der Waals surface area contributed by atoms with Gasteiger partial charge in [-0.3, -0.25) is 0 Å². The van der Waals surface area contributed by atoms with Gasteiger partial charge < -0.3 is 24.2 Å². The van der Waals surface area contributed by atoms with Crippen LogP contribution in [0.25, 0.3) is 11.0 Å². The third-order valence-electron chi connectivity index (χ3n) is 4.54. The van der Waals surface area contributed by atoms with Gasteiger partial charge in [0.1, 0.15) is 17.2 Å². The summed E-state index contributed by atoms with van der Waals surface area (Å²) < 4.78 is 19.5. The zero-order chi connectivity index (χ0) is 21.6. The first-order valence-electron chi connectivity index (χ1n) is 9.53. The lowest BCUT2D eigenvalue weighted by Gasteiger charge is -2.15. The summed E-state index contributed by atoms with van der Waals surface area (Å²) in [5.41, 5.74) is 2.30. The van der Waals surface area contributed by atoms with E-state index in [1.165, 1.54) is 11.9 Å². The predicted octanol–water partition coefficient (Wildman–Crippen LogP) is 5.52. The first-order valence-corrected chi connectivity index (χ1v) is 10.3. The summed E-state index contributed by atoms with van der Waals surface area (Å²) in [6.07, 6.45) is 0. The first kappa shape index (κ1) is 20.6. The molecular formula is C23H22N4O3S. The van der Waals surface area contributed by atoms with Gasteiger partial charge in [-0.05, 0) is 54.4 Å². The van der Waals surface area contributed by atoms with E-state index < -0.39 is 0 Å². The Hall–Kier alpha value is -3.65. The topological polar surface area (TPSA) is 77.5 Å². The number of benzene rings is 3. The van der Waals surface area contributed by atoms with Gasteiger partial charge in [0.05, 0.1) is 38.1 Å². The molecule has 0 radical (unpaired) electrons. The van der Waals surface area contributed by atoms with Crippen LogP contribution in [-0.4, -0.2) is 31.3 Å². The van der Waals surface area contributed by atoms with Gasteiger partial charge in [0.15, 0.2) is 11.6 Å². The van der Waals surface area contributed by atoms with Crippen molar-refractivity contribution in [1.82, 2.24) is 9.97 Å². The van der Waals surface area contributed by atoms with Crippen molar-refractivity contribution >= 4 is 40.3 Å². The molecule has 0 saturated carbocycles. The second-order valence-electron chi connectivity index (χ2n) is 6.48. The van der Waals surface area contributed by atoms with Gasteiger partial charge in [0.25, 0.3) is 0 Å². The lowest BCUT2D eigenvalue weighted by atomic mass is 10.2. The summed E-state index contributed by atoms with van der Waals surface area (Å²) in [5, 5.41) is 3.34. The Bertz CT molecular complexity index is 1200. The van der Waals surface area contributed by atoms with Crippen molar-refractivity contribution in [3.05, 3.63) is 66.7 Å². The van der Waals surface area contributed by atoms with Crippen molar-refractivity contribution in [3.8, 4) is 17.2 Å². The molecular weight excluding hydrogens is 412 g/mol. The molecule has 8 heteroatoms. The number of hydrogen-bond donors (Lipinski definition) is 2. The van der Waals surface area contributed by atoms with Crippen molar-refractivity contribution in [2.24, 2.45) is 0 Å². The van der Waals surface area contributed by atoms with E-state index in [2.05, 4.69) is 10.0 Å². The minimum absolute atomic E-state index is 0.570. The third-order valence-corrected chi connectivity index (χ3v) is 5.32. The fourth-order valence-electron chi connectivity index (χ4n) is 2.97. The predicted molar refractivity (Wildman–Crippen MR) is 125 cm³/mol. The molecule has 4 rings (SSSR count). The Morgan fingerprint density at radius 2 is 1.42 bits per heavy atom. The molecule has 0 unspecified atom stereocenters. The molecule has 1 heterocycles. The number of fused-ring (bicyclic) bond motifs is 1. The van der Waals surface area contributed by atoms with Crippen LogP contribution in [-0.2, 0) is 0 Å². The molecule has 158 valence electrons. The molecule has 4 aromatic rings. The number of nitrogens with one attached hydrogen (secondary N) is 2. The summed E-state index contributed by atoms with van der Waals surface area (Å²) in [6, 6.07) is 21.1. The second-order valence-corrected chi connectivity index (χ2v) is 7.36. The molecule has 3 aromatic carbocycles. The van der Waals surface area contributed by atoms with Crippen LogP contribution in [0.4, 0.5) is 17.3 Å². The van der Waals surface area contributed by atoms with Gasteiger partial charge in [-0.15, -0.1) is 0 Å². The van der Waals surface area contributed by atoms with Crippen LogP contribution in [0, 0.1) is 0 Å². The van der Waals surface area contributed by atoms with Crippen molar-refractivity contribution in [2.75, 3.05) is 31.4 Å². The average molecular weight is 435 g/mol. The van der Waals surface area contributed by atoms with E-state index in [9.17, 15) is 0 Å². The largest absolute Gasteiger partial charge is 0.497 e. The minimum Gasteiger partial charge on any atom is -0.497 e. The molecule has 0 atom stereocenters. The molecule has 0 bridgehead atoms. The van der Waals surface area contributed by atoms with Gasteiger partial charge >= 0.3 is 0 Å². The van der Waals surface area contributed by atoms with Crippen LogP contribution in [0.2, 0.25) is 0 Å². The van der Waals surface area contributed by atoms with E-state index in [0.29, 0.717) is 23.1 Å². The van der Waals surface area contributed by atoms with Gasteiger partial charge in [-0.25, -0.2) is 9.97 Å². The van der Waals surface area contributed by atoms with Crippen LogP contribution in [0.15, 0.2) is 71.6 Å². The molecule has 31 heavy (non-hydrogen) atoms. The number of hydrogen-bond acceptors (Lipinski definition) is 8. The highest BCUT2D eigenvalue weighted by Crippen LogP contribution is 2.35. The molecule has 0 saturated heterocycles. The molecule has 0 fully saturated rings. The maximum atomic E-state index is 5.49. The van der Waals surface area contributed by atoms with Crippen LogP contribution in [0.1, 0.15) is 0 Å². The number of methoxy groups -OCH3 is 3. The number of rotatable bonds is 8. The van der Waals surface area contributed by atoms with E-state index in [4.69, 9.17) is 24.2 Å². The Labute approximate surface area is 184 Å². The van der Waals surface area contributed by atoms with E-state index in [0.717, 1.165) is 27.4 Å². The Balaban J connectivity index is 1.70. The van der Waals surface area contributed by atoms with Crippen LogP contribution >= 0.6 is 11.9 Å². The molecule has 1 aromatic heterocycles. The van der Waals surface area contributed by atoms with Crippen LogP contribution in [0.5, 0.6) is 17.2 Å². The van der Waals surface area contributed by atoms with Crippen LogP contribution in [0.3, 0.4) is 0 Å². The lowest BCUT2D eigenvalue weighted by Crippen LogP contribution is -2.03. The summed E-state index contributed by atoms with van der Waals surface area (Å²) >= 11 is 1.43. The molecule has 7 nitrogen and oxygen atoms in total. The molecule has 2 N–H and O–H groups in total. The van der Waals surface area contributed by atoms with E-state index in [1.807, 2.05) is 66.7 Å². The number of nitrogens with zero attached hydrogens (tertiary/aromatic N) is 2. The average Bonchev–Trinajstić information content (AvgIpc) is 2.82. The Morgan fingerprint density at radius 3 is 2.13 bits per heavy atom. The number of para-hydroxylation sites is 2. The lowest BCUT2D eigenvalue weighted by molar-refractivity contribution is 0.405. The molecule has 0 aliphatic heterocycles. The highest BCUT2D eigenvalue weighted by molar-refractivity contribution is 8.00. The van der Waals surface area contributed by atoms with E-state index in [-0.39, 0.29) is 0 Å². The normalized spacial score (nSPS) is 10.5. The summed E-state index contributed by atoms with van der Waals surface area (Å²) in [4.78, 5) is 10.5. The van der Waals surface area contributed by atoms with Crippen molar-refractivity contribution in [3.63, 3.8) is 0 Å². The van der Waals surface area contributed by atoms with Crippen LogP contribution < -0.4 is 24.2 Å². The monoisotopic (exact) mass is 434 g/mol. The van der Waals surface area contributed by atoms with Crippen molar-refractivity contribution in [2.45, 2.75) is 4.90 Å². The van der Waals surface area contributed by atoms with E-state index in [1.54, 1.807) is 21.3 Å². The number of aromatic nitrogens is 2. The highest BCUT2D eigenvalue weighted by Gasteiger charge is 2.13. The minimum atomic E-state index is 0.570. The number of anilines is 3. The van der Waals surface area contributed by atoms with Gasteiger partial charge in [-0.2, -0.15) is 0 Å². The van der Waals surface area contributed by atoms with E-state index >= 15 is 0 Å². The van der Waals surface area contributed by atoms with Gasteiger partial charge in [-0.1, -0.05) is 18.2 Å². The summed E-state index contributed by atoms with van der Waals surface area (Å²) in [6.45, 7) is 0. The fraction of sp³-hybridized carbons (Fsp3) is 0.130. The quantitative estimate of drug-likeness (QED) is 0.351. The SMILES string of the molecule is COc1cccc(SNc2nc3ccccc3nc2Nc2cc(OC)ccc2OC)c1. The maximum absolute atomic E-state index is 5.49. The Morgan fingerprint density at radius 1 is 0.710 bits per heavy atom. The molecule has 0 spiro atoms. The summed E-state index contributed by atoms with van der Waals surface area (Å²) in [5.74, 6) is 3.33. The summed E-state index contributed by atoms with van der Waals surface area (Å²) in [7, 11) is 4.89. The maximum Gasteiger partial charge on any atom is 0.180 e. The first-order chi connectivity index (χ1) is 15.2. The Kier molecular flexibility index (Phi) is 6.28. The highest BCUT2D eigenvalue weighted by atomic mass is 32.2. The van der Waals surface area contributed by atoms with Crippen molar-refractivity contribution < 1.29 is 14.2 Å².